The number of nitrogens with one attached hydrogen (secondary N) is 1. The fourth-order valence-electron chi connectivity index (χ4n) is 1.72. The Labute approximate surface area is 111 Å². The van der Waals surface area contributed by atoms with Crippen molar-refractivity contribution in [2.75, 3.05) is 6.61 Å². The van der Waals surface area contributed by atoms with Crippen LogP contribution in [0.3, 0.4) is 0 Å². The second-order valence-corrected chi connectivity index (χ2v) is 5.34. The second-order valence-electron chi connectivity index (χ2n) is 3.76. The standard InChI is InChI=1S/C9H11AtN2O5/c10-4-2-12(9(16)11-8(4)15)7-1-5(14)6(3-13)17-7/h2,5-7,13-14H,1,3H2,(H,11,15,16)/t5-,6+,7+/m0/s1/i10+1. The first-order valence-electron chi connectivity index (χ1n) is 4.98. The van der Waals surface area contributed by atoms with Crippen LogP contribution in [0.25, 0.3) is 0 Å². The van der Waals surface area contributed by atoms with Crippen LogP contribution in [0.2, 0.25) is 0 Å². The monoisotopic (exact) mass is 438 g/mol. The molecule has 1 saturated heterocycles. The third-order valence-corrected chi connectivity index (χ3v) is 3.67. The number of aromatic nitrogens is 2. The topological polar surface area (TPSA) is 105 Å². The molecule has 2 heterocycles. The van der Waals surface area contributed by atoms with Gasteiger partial charge in [0, 0.05) is 0 Å². The minimum absolute atomic E-state index is 0.211. The Bertz CT molecular complexity index is 525. The molecule has 1 aliphatic heterocycles. The summed E-state index contributed by atoms with van der Waals surface area (Å²) in [7, 11) is 0. The van der Waals surface area contributed by atoms with Crippen LogP contribution in [0.5, 0.6) is 0 Å². The zero-order chi connectivity index (χ0) is 12.6. The molecule has 0 aliphatic carbocycles. The van der Waals surface area contributed by atoms with Gasteiger partial charge in [0.25, 0.3) is 0 Å². The Hall–Kier alpha value is -0.557. The van der Waals surface area contributed by atoms with Crippen LogP contribution in [0, 0.1) is 24.7 Å². The molecule has 8 heteroatoms. The maximum atomic E-state index is 11.6. The van der Waals surface area contributed by atoms with Crippen LogP contribution in [0.15, 0.2) is 15.8 Å². The Morgan fingerprint density at radius 1 is 1.59 bits per heavy atom. The van der Waals surface area contributed by atoms with Gasteiger partial charge >= 0.3 is 111 Å². The fourth-order valence-corrected chi connectivity index (χ4v) is 2.32. The number of aromatic amines is 1. The first-order valence-corrected chi connectivity index (χ1v) is 6.45. The summed E-state index contributed by atoms with van der Waals surface area (Å²) in [6.45, 7) is -0.307. The molecule has 94 valence electrons. The summed E-state index contributed by atoms with van der Waals surface area (Å²) < 4.78 is 7.00. The molecule has 0 bridgehead atoms. The van der Waals surface area contributed by atoms with Gasteiger partial charge in [-0.25, -0.2) is 0 Å². The van der Waals surface area contributed by atoms with Gasteiger partial charge in [0.2, 0.25) is 0 Å². The van der Waals surface area contributed by atoms with Crippen molar-refractivity contribution in [3.63, 3.8) is 0 Å². The van der Waals surface area contributed by atoms with E-state index in [2.05, 4.69) is 4.98 Å². The van der Waals surface area contributed by atoms with E-state index < -0.39 is 29.7 Å². The molecular formula is C9H11AtN2O5. The number of ether oxygens (including phenoxy) is 1. The zero-order valence-electron chi connectivity index (χ0n) is 8.67. The van der Waals surface area contributed by atoms with Crippen molar-refractivity contribution >= 4 is 3.27 Å². The van der Waals surface area contributed by atoms with E-state index in [1.165, 1.54) is 10.8 Å². The predicted molar refractivity (Wildman–Crippen MR) is 52.6 cm³/mol. The minimum atomic E-state index is -0.811. The summed E-state index contributed by atoms with van der Waals surface area (Å²) in [6, 6.07) is 0. The summed E-state index contributed by atoms with van der Waals surface area (Å²) in [5.74, 6) is 0. The molecule has 3 atom stereocenters. The van der Waals surface area contributed by atoms with E-state index in [-0.39, 0.29) is 13.0 Å². The van der Waals surface area contributed by atoms with Crippen molar-refractivity contribution in [3.05, 3.63) is 27.0 Å². The molecule has 0 radical (unpaired) electrons. The average molecular weight is 438 g/mol. The first-order chi connectivity index (χ1) is 8.02. The van der Waals surface area contributed by atoms with Gasteiger partial charge in [-0.2, -0.15) is 0 Å². The van der Waals surface area contributed by atoms with Crippen LogP contribution >= 0.6 is 0 Å². The van der Waals surface area contributed by atoms with Crippen molar-refractivity contribution in [2.45, 2.75) is 24.9 Å². The van der Waals surface area contributed by atoms with Crippen LogP contribution in [0.4, 0.5) is 0 Å². The fraction of sp³-hybridized carbons (Fsp3) is 0.556. The predicted octanol–water partition coefficient (Wildman–Crippen LogP) is -2.65. The first kappa shape index (κ1) is 12.9. The molecule has 17 heavy (non-hydrogen) atoms. The number of H-pyrrole nitrogens is 1. The summed E-state index contributed by atoms with van der Waals surface area (Å²) in [4.78, 5) is 25.0. The Morgan fingerprint density at radius 2 is 2.29 bits per heavy atom. The molecular weight excluding hydrogens is 427 g/mol. The van der Waals surface area contributed by atoms with Gasteiger partial charge in [-0.15, -0.1) is 0 Å². The molecule has 0 aromatic carbocycles. The van der Waals surface area contributed by atoms with E-state index >= 15 is 0 Å². The van der Waals surface area contributed by atoms with Crippen LogP contribution in [-0.4, -0.2) is 38.6 Å². The SMILES string of the molecule is O=c1[nH]c(=O)n([C@H]2C[C@H](O)[C@@H](CO)O2)cc1[211At]. The summed E-state index contributed by atoms with van der Waals surface area (Å²) in [6.07, 6.45) is -0.532. The van der Waals surface area contributed by atoms with Crippen molar-refractivity contribution in [1.82, 2.24) is 9.55 Å². The van der Waals surface area contributed by atoms with E-state index in [0.29, 0.717) is 3.27 Å². The molecule has 1 aromatic heterocycles. The molecule has 0 amide bonds. The van der Waals surface area contributed by atoms with Gasteiger partial charge in [0.15, 0.2) is 0 Å². The normalized spacial score (nSPS) is 28.5. The Morgan fingerprint density at radius 3 is 2.88 bits per heavy atom. The molecule has 2 rings (SSSR count). The average Bonchev–Trinajstić information content (AvgIpc) is 2.65. The van der Waals surface area contributed by atoms with Crippen molar-refractivity contribution in [1.29, 1.82) is 0 Å². The molecule has 1 fully saturated rings. The van der Waals surface area contributed by atoms with Crippen molar-refractivity contribution in [3.8, 4) is 0 Å². The van der Waals surface area contributed by atoms with Gasteiger partial charge in [0.1, 0.15) is 0 Å². The number of nitrogens with zero attached hydrogens (tertiary/aromatic N) is 1. The van der Waals surface area contributed by atoms with Gasteiger partial charge in [-0.3, -0.25) is 0 Å². The molecule has 0 saturated carbocycles. The quantitative estimate of drug-likeness (QED) is 0.468. The molecule has 3 N–H and O–H groups in total. The second kappa shape index (κ2) is 4.98. The van der Waals surface area contributed by atoms with E-state index in [1.54, 1.807) is 0 Å². The molecule has 7 nitrogen and oxygen atoms in total. The number of rotatable bonds is 2. The van der Waals surface area contributed by atoms with Crippen LogP contribution in [-0.2, 0) is 4.74 Å². The molecule has 0 unspecified atom stereocenters. The van der Waals surface area contributed by atoms with E-state index in [9.17, 15) is 14.7 Å². The third-order valence-electron chi connectivity index (χ3n) is 2.62. The van der Waals surface area contributed by atoms with Crippen LogP contribution < -0.4 is 14.5 Å². The zero-order valence-corrected chi connectivity index (χ0v) is 11.6. The van der Waals surface area contributed by atoms with E-state index in [1.807, 2.05) is 0 Å². The Balaban J connectivity index is 2.34. The molecule has 1 aliphatic rings. The van der Waals surface area contributed by atoms with E-state index in [4.69, 9.17) is 9.84 Å². The number of aliphatic hydroxyl groups excluding tert-OH is 2. The van der Waals surface area contributed by atoms with E-state index in [0.717, 1.165) is 24.7 Å². The third kappa shape index (κ3) is 2.50. The summed E-state index contributed by atoms with van der Waals surface area (Å²) in [5, 5.41) is 18.5. The summed E-state index contributed by atoms with van der Waals surface area (Å²) >= 11 is 1.15. The summed E-state index contributed by atoms with van der Waals surface area (Å²) in [5.41, 5.74) is -0.994. The molecule has 1 aromatic rings. The van der Waals surface area contributed by atoms with Crippen molar-refractivity contribution in [2.24, 2.45) is 0 Å². The van der Waals surface area contributed by atoms with Crippen LogP contribution in [0.1, 0.15) is 12.6 Å². The number of hydrogen-bond donors (Lipinski definition) is 3. The van der Waals surface area contributed by atoms with Gasteiger partial charge in [-0.1, -0.05) is 0 Å². The maximum absolute atomic E-state index is 11.6. The molecule has 0 spiro atoms. The number of hydrogen-bond acceptors (Lipinski definition) is 5. The Kier molecular flexibility index (Phi) is 3.77. The number of aliphatic hydroxyl groups is 2. The van der Waals surface area contributed by atoms with Crippen molar-refractivity contribution < 1.29 is 39.7 Å². The van der Waals surface area contributed by atoms with Gasteiger partial charge < -0.3 is 0 Å². The van der Waals surface area contributed by atoms with Gasteiger partial charge in [-0.05, 0) is 0 Å². The van der Waals surface area contributed by atoms with Gasteiger partial charge in [0.05, 0.1) is 0 Å².